The highest BCUT2D eigenvalue weighted by Crippen LogP contribution is 1.62. The second-order valence-electron chi connectivity index (χ2n) is 1.54. The molecule has 0 aromatic carbocycles. The fourth-order valence-corrected chi connectivity index (χ4v) is 0.513. The molecule has 0 aromatic rings. The Bertz CT molecular complexity index is 24.0. The standard InChI is InChI=1S/B8/c1-2-4-6-8-7-5-3-1. The minimum absolute atomic E-state index is 2.00. The summed E-state index contributed by atoms with van der Waals surface area (Å²) in [5, 5.41) is 0. The largest absolute Gasteiger partial charge is 0 e. The Morgan fingerprint density at radius 1 is 0.250 bits per heavy atom. The van der Waals surface area contributed by atoms with Gasteiger partial charge in [0.05, 0.1) is 0 Å². The molecule has 0 saturated carbocycles. The SMILES string of the molecule is [B]1[B][B][B][B][B][B][B]1. The zero-order valence-corrected chi connectivity index (χ0v) is 4.62. The molecule has 8 radical (unpaired) electrons. The van der Waals surface area contributed by atoms with E-state index < -0.39 is 0 Å². The first-order valence-corrected chi connectivity index (χ1v) is 2.67. The first kappa shape index (κ1) is 6.64. The molecule has 0 bridgehead atoms. The summed E-state index contributed by atoms with van der Waals surface area (Å²) in [4.78, 5) is 0. The number of hydrogen-bond acceptors (Lipinski definition) is 0. The van der Waals surface area contributed by atoms with Gasteiger partial charge in [-0.05, 0) is 0 Å². The molecule has 8 heteroatoms. The van der Waals surface area contributed by atoms with E-state index in [9.17, 15) is 0 Å². The molecule has 0 aromatic heterocycles. The molecule has 24 valence electrons. The molecule has 8 heavy (non-hydrogen) atoms. The average molecular weight is 86.5 g/mol. The lowest BCUT2D eigenvalue weighted by atomic mass is 8.81. The predicted octanol–water partition coefficient (Wildman–Crippen LogP) is -3.05. The van der Waals surface area contributed by atoms with Crippen LogP contribution in [0.15, 0.2) is 0 Å². The Morgan fingerprint density at radius 3 is 0.500 bits per heavy atom. The molecule has 0 aliphatic carbocycles. The third-order valence-corrected chi connectivity index (χ3v) is 0.889. The molecule has 0 amide bonds. The van der Waals surface area contributed by atoms with Crippen molar-refractivity contribution in [3.8, 4) is 0 Å². The molecule has 1 heterocycles. The molecule has 0 atom stereocenters. The lowest BCUT2D eigenvalue weighted by molar-refractivity contribution is 3.75. The van der Waals surface area contributed by atoms with E-state index in [-0.39, 0.29) is 0 Å². The van der Waals surface area contributed by atoms with Crippen LogP contribution >= 0.6 is 0 Å². The molecule has 1 aliphatic heterocycles. The summed E-state index contributed by atoms with van der Waals surface area (Å²) in [7, 11) is 16.0. The van der Waals surface area contributed by atoms with Gasteiger partial charge in [0.1, 0.15) is 0 Å². The summed E-state index contributed by atoms with van der Waals surface area (Å²) < 4.78 is 0. The lowest BCUT2D eigenvalue weighted by Crippen LogP contribution is -2.38. The second kappa shape index (κ2) is 4.40. The maximum atomic E-state index is 2.00. The van der Waals surface area contributed by atoms with Crippen LogP contribution in [0.4, 0.5) is 0 Å². The average Bonchev–Trinajstić information content (AvgIpc) is 1.62. The molecule has 1 aliphatic rings. The van der Waals surface area contributed by atoms with Gasteiger partial charge in [0.2, 0.25) is 0 Å². The molecule has 0 N–H and O–H groups in total. The second-order valence-corrected chi connectivity index (χ2v) is 1.54. The highest BCUT2D eigenvalue weighted by atomic mass is 12.8. The Balaban J connectivity index is 2.00. The summed E-state index contributed by atoms with van der Waals surface area (Å²) in [6.45, 7) is 0. The molecule has 0 spiro atoms. The third kappa shape index (κ3) is 2.74. The van der Waals surface area contributed by atoms with E-state index in [1.54, 1.807) is 0 Å². The fraction of sp³-hybridized carbons (Fsp3) is 0. The van der Waals surface area contributed by atoms with Crippen LogP contribution in [0.3, 0.4) is 0 Å². The monoisotopic (exact) mass is 88.1 g/mol. The molecule has 1 saturated heterocycles. The quantitative estimate of drug-likeness (QED) is 0.275. The van der Waals surface area contributed by atoms with Crippen molar-refractivity contribution in [2.24, 2.45) is 0 Å². The zero-order chi connectivity index (χ0) is 5.66. The van der Waals surface area contributed by atoms with Crippen LogP contribution in [0, 0.1) is 0 Å². The lowest BCUT2D eigenvalue weighted by Gasteiger charge is -2.00. The van der Waals surface area contributed by atoms with Gasteiger partial charge < -0.3 is 0 Å². The van der Waals surface area contributed by atoms with Crippen LogP contribution < -0.4 is 0 Å². The molecular weight excluding hydrogens is 86.5 g/mol. The Morgan fingerprint density at radius 2 is 0.375 bits per heavy atom. The summed E-state index contributed by atoms with van der Waals surface area (Å²) in [5.41, 5.74) is 0. The van der Waals surface area contributed by atoms with Crippen LogP contribution in [-0.4, -0.2) is 56.5 Å². The first-order valence-electron chi connectivity index (χ1n) is 2.67. The van der Waals surface area contributed by atoms with E-state index >= 15 is 0 Å². The van der Waals surface area contributed by atoms with E-state index in [0.29, 0.717) is 0 Å². The van der Waals surface area contributed by atoms with Crippen molar-refractivity contribution in [2.75, 3.05) is 0 Å². The Labute approximate surface area is 57.1 Å². The van der Waals surface area contributed by atoms with Crippen molar-refractivity contribution >= 4 is 56.5 Å². The van der Waals surface area contributed by atoms with Crippen molar-refractivity contribution in [3.63, 3.8) is 0 Å². The van der Waals surface area contributed by atoms with E-state index in [2.05, 4.69) is 0 Å². The zero-order valence-electron chi connectivity index (χ0n) is 4.62. The van der Waals surface area contributed by atoms with Gasteiger partial charge in [-0.2, -0.15) is 0 Å². The summed E-state index contributed by atoms with van der Waals surface area (Å²) in [5.74, 6) is 0. The smallest absolute Gasteiger partial charge is 0 e. The summed E-state index contributed by atoms with van der Waals surface area (Å²) >= 11 is 0. The van der Waals surface area contributed by atoms with Crippen LogP contribution in [-0.2, 0) is 0 Å². The molecule has 0 nitrogen and oxygen atoms in total. The van der Waals surface area contributed by atoms with Crippen LogP contribution in [0.5, 0.6) is 0 Å². The normalized spacial score (nSPS) is 16.0. The van der Waals surface area contributed by atoms with Gasteiger partial charge in [-0.15, -0.1) is 0 Å². The Hall–Kier alpha value is 0.519. The summed E-state index contributed by atoms with van der Waals surface area (Å²) in [6, 6.07) is 0. The summed E-state index contributed by atoms with van der Waals surface area (Å²) in [6.07, 6.45) is 0. The van der Waals surface area contributed by atoms with E-state index in [1.165, 1.54) is 0 Å². The topological polar surface area (TPSA) is 0 Å². The van der Waals surface area contributed by atoms with Gasteiger partial charge in [0.25, 0.3) is 0 Å². The van der Waals surface area contributed by atoms with Crippen LogP contribution in [0.25, 0.3) is 0 Å². The fourth-order valence-electron chi connectivity index (χ4n) is 0.513. The van der Waals surface area contributed by atoms with Crippen molar-refractivity contribution < 1.29 is 0 Å². The van der Waals surface area contributed by atoms with Crippen molar-refractivity contribution in [3.05, 3.63) is 0 Å². The highest BCUT2D eigenvalue weighted by Gasteiger charge is 2.00. The van der Waals surface area contributed by atoms with Crippen molar-refractivity contribution in [1.29, 1.82) is 0 Å². The maximum absolute atomic E-state index is 2.00. The molecule has 1 fully saturated rings. The maximum Gasteiger partial charge on any atom is 0 e. The molecular formula is B8. The van der Waals surface area contributed by atoms with Gasteiger partial charge in [-0.3, -0.25) is 0 Å². The number of hydrogen-bond donors (Lipinski definition) is 0. The van der Waals surface area contributed by atoms with Crippen molar-refractivity contribution in [1.82, 2.24) is 0 Å². The third-order valence-electron chi connectivity index (χ3n) is 0.889. The highest BCUT2D eigenvalue weighted by molar-refractivity contribution is 7.76. The molecule has 1 rings (SSSR count). The van der Waals surface area contributed by atoms with Crippen LogP contribution in [0.1, 0.15) is 0 Å². The van der Waals surface area contributed by atoms with E-state index in [4.69, 9.17) is 0 Å². The predicted molar refractivity (Wildman–Crippen MR) is 46.0 cm³/mol. The minimum atomic E-state index is 2.00. The van der Waals surface area contributed by atoms with Gasteiger partial charge in [0, 0.05) is 56.5 Å². The molecule has 0 unspecified atom stereocenters. The van der Waals surface area contributed by atoms with E-state index in [1.807, 2.05) is 56.5 Å². The minimum Gasteiger partial charge on any atom is 0 e. The first-order chi connectivity index (χ1) is 4.00. The van der Waals surface area contributed by atoms with Gasteiger partial charge >= 0.3 is 0 Å². The van der Waals surface area contributed by atoms with E-state index in [0.717, 1.165) is 0 Å². The van der Waals surface area contributed by atoms with Gasteiger partial charge in [0.15, 0.2) is 0 Å². The van der Waals surface area contributed by atoms with Gasteiger partial charge in [-0.1, -0.05) is 0 Å². The Kier molecular flexibility index (Phi) is 3.65. The van der Waals surface area contributed by atoms with Gasteiger partial charge in [-0.25, -0.2) is 0 Å². The van der Waals surface area contributed by atoms with Crippen LogP contribution in [0.2, 0.25) is 0 Å². The van der Waals surface area contributed by atoms with Crippen molar-refractivity contribution in [2.45, 2.75) is 0 Å². The number of rotatable bonds is 0.